The number of carbonyl (C=O) groups is 1. The Morgan fingerprint density at radius 2 is 1.83 bits per heavy atom. The minimum Gasteiger partial charge on any atom is -0.490 e. The van der Waals surface area contributed by atoms with Crippen molar-refractivity contribution in [3.05, 3.63) is 53.1 Å². The second-order valence-corrected chi connectivity index (χ2v) is 9.12. The first-order valence-electron chi connectivity index (χ1n) is 10.7. The Hall–Kier alpha value is -2.14. The average molecular weight is 410 g/mol. The molecule has 1 atom stereocenters. The minimum atomic E-state index is 0.139. The van der Waals surface area contributed by atoms with Crippen LogP contribution in [0.2, 0.25) is 0 Å². The number of hydrogen-bond donors (Lipinski definition) is 0. The van der Waals surface area contributed by atoms with E-state index in [1.54, 1.807) is 11.8 Å². The fraction of sp³-hybridized carbons (Fsp3) is 0.458. The Bertz CT molecular complexity index is 913. The predicted molar refractivity (Wildman–Crippen MR) is 115 cm³/mol. The Morgan fingerprint density at radius 1 is 0.966 bits per heavy atom. The summed E-state index contributed by atoms with van der Waals surface area (Å²) in [5, 5.41) is 0. The summed E-state index contributed by atoms with van der Waals surface area (Å²) in [5.41, 5.74) is 4.10. The van der Waals surface area contributed by atoms with Gasteiger partial charge in [-0.2, -0.15) is 0 Å². The largest absolute Gasteiger partial charge is 0.490 e. The molecule has 2 aromatic rings. The van der Waals surface area contributed by atoms with Gasteiger partial charge >= 0.3 is 0 Å². The van der Waals surface area contributed by atoms with Crippen LogP contribution >= 0.6 is 11.8 Å². The Morgan fingerprint density at radius 3 is 2.76 bits per heavy atom. The molecule has 5 heteroatoms. The van der Waals surface area contributed by atoms with E-state index in [1.807, 2.05) is 6.07 Å². The Kier molecular flexibility index (Phi) is 5.40. The molecule has 0 spiro atoms. The number of aryl methyl sites for hydroxylation is 2. The molecule has 0 aromatic heterocycles. The molecular weight excluding hydrogens is 382 g/mol. The molecule has 1 aliphatic carbocycles. The van der Waals surface area contributed by atoms with Crippen LogP contribution in [-0.2, 0) is 17.6 Å². The van der Waals surface area contributed by atoms with Crippen LogP contribution in [-0.4, -0.2) is 36.3 Å². The summed E-state index contributed by atoms with van der Waals surface area (Å²) in [6, 6.07) is 13.0. The third-order valence-electron chi connectivity index (χ3n) is 6.16. The number of thioether (sulfide) groups is 1. The summed E-state index contributed by atoms with van der Waals surface area (Å²) >= 11 is 1.67. The number of rotatable bonds is 4. The third kappa shape index (κ3) is 3.97. The topological polar surface area (TPSA) is 38.8 Å². The first-order chi connectivity index (χ1) is 14.3. The van der Waals surface area contributed by atoms with Gasteiger partial charge in [0.1, 0.15) is 0 Å². The molecule has 29 heavy (non-hydrogen) atoms. The standard InChI is InChI=1S/C24H27NO3S/c26-24(16-29-20-9-7-17-4-1-5-18(17)14-20)25-11-2-6-21(25)19-8-10-22-23(15-19)28-13-3-12-27-22/h7-10,14-15,21H,1-6,11-13,16H2. The predicted octanol–water partition coefficient (Wildman–Crippen LogP) is 4.79. The third-order valence-corrected chi connectivity index (χ3v) is 7.14. The molecule has 1 amide bonds. The normalized spacial score (nSPS) is 20.4. The number of likely N-dealkylation sites (tertiary alicyclic amines) is 1. The molecule has 2 aliphatic heterocycles. The number of nitrogens with zero attached hydrogens (tertiary/aromatic N) is 1. The van der Waals surface area contributed by atoms with Crippen molar-refractivity contribution in [2.24, 2.45) is 0 Å². The number of fused-ring (bicyclic) bond motifs is 2. The second-order valence-electron chi connectivity index (χ2n) is 8.07. The van der Waals surface area contributed by atoms with E-state index in [9.17, 15) is 4.79 Å². The number of benzene rings is 2. The van der Waals surface area contributed by atoms with Gasteiger partial charge in [-0.3, -0.25) is 4.79 Å². The van der Waals surface area contributed by atoms with E-state index in [0.717, 1.165) is 42.9 Å². The van der Waals surface area contributed by atoms with E-state index >= 15 is 0 Å². The highest BCUT2D eigenvalue weighted by molar-refractivity contribution is 8.00. The molecule has 0 radical (unpaired) electrons. The van der Waals surface area contributed by atoms with Crippen LogP contribution in [0.3, 0.4) is 0 Å². The van der Waals surface area contributed by atoms with Crippen LogP contribution in [0.4, 0.5) is 0 Å². The highest BCUT2D eigenvalue weighted by Gasteiger charge is 2.30. The molecule has 4 nitrogen and oxygen atoms in total. The van der Waals surface area contributed by atoms with E-state index in [4.69, 9.17) is 9.47 Å². The van der Waals surface area contributed by atoms with Gasteiger partial charge < -0.3 is 14.4 Å². The minimum absolute atomic E-state index is 0.139. The zero-order valence-electron chi connectivity index (χ0n) is 16.7. The lowest BCUT2D eigenvalue weighted by atomic mass is 10.0. The van der Waals surface area contributed by atoms with E-state index in [-0.39, 0.29) is 11.9 Å². The fourth-order valence-electron chi connectivity index (χ4n) is 4.66. The molecule has 2 aromatic carbocycles. The van der Waals surface area contributed by atoms with Crippen molar-refractivity contribution in [2.45, 2.75) is 49.5 Å². The molecule has 0 bridgehead atoms. The second kappa shape index (κ2) is 8.31. The molecule has 3 aliphatic rings. The average Bonchev–Trinajstić information content (AvgIpc) is 3.36. The van der Waals surface area contributed by atoms with Crippen molar-refractivity contribution in [1.82, 2.24) is 4.90 Å². The van der Waals surface area contributed by atoms with E-state index in [1.165, 1.54) is 35.3 Å². The number of ether oxygens (including phenoxy) is 2. The molecular formula is C24H27NO3S. The van der Waals surface area contributed by atoms with Gasteiger partial charge in [0.15, 0.2) is 11.5 Å². The lowest BCUT2D eigenvalue weighted by Crippen LogP contribution is -2.32. The van der Waals surface area contributed by atoms with Gasteiger partial charge in [-0.25, -0.2) is 0 Å². The van der Waals surface area contributed by atoms with Gasteiger partial charge in [0, 0.05) is 17.9 Å². The monoisotopic (exact) mass is 409 g/mol. The highest BCUT2D eigenvalue weighted by atomic mass is 32.2. The summed E-state index contributed by atoms with van der Waals surface area (Å²) < 4.78 is 11.6. The van der Waals surface area contributed by atoms with Crippen molar-refractivity contribution in [2.75, 3.05) is 25.5 Å². The Balaban J connectivity index is 1.26. The van der Waals surface area contributed by atoms with Crippen molar-refractivity contribution in [3.63, 3.8) is 0 Å². The molecule has 0 saturated carbocycles. The molecule has 2 heterocycles. The van der Waals surface area contributed by atoms with E-state index in [2.05, 4.69) is 35.2 Å². The van der Waals surface area contributed by atoms with Crippen molar-refractivity contribution >= 4 is 17.7 Å². The van der Waals surface area contributed by atoms with Crippen LogP contribution in [0.25, 0.3) is 0 Å². The summed E-state index contributed by atoms with van der Waals surface area (Å²) in [4.78, 5) is 16.3. The first kappa shape index (κ1) is 18.9. The quantitative estimate of drug-likeness (QED) is 0.681. The highest BCUT2D eigenvalue weighted by Crippen LogP contribution is 2.38. The van der Waals surface area contributed by atoms with Gasteiger partial charge in [-0.05, 0) is 73.1 Å². The van der Waals surface area contributed by atoms with Gasteiger partial charge in [0.2, 0.25) is 5.91 Å². The van der Waals surface area contributed by atoms with Crippen LogP contribution < -0.4 is 9.47 Å². The number of amides is 1. The maximum atomic E-state index is 13.0. The van der Waals surface area contributed by atoms with Crippen molar-refractivity contribution in [3.8, 4) is 11.5 Å². The molecule has 0 N–H and O–H groups in total. The van der Waals surface area contributed by atoms with Gasteiger partial charge in [-0.1, -0.05) is 12.1 Å². The lowest BCUT2D eigenvalue weighted by Gasteiger charge is -2.25. The maximum absolute atomic E-state index is 13.0. The zero-order valence-corrected chi connectivity index (χ0v) is 17.5. The van der Waals surface area contributed by atoms with Crippen LogP contribution in [0, 0.1) is 0 Å². The molecule has 1 unspecified atom stereocenters. The van der Waals surface area contributed by atoms with Gasteiger partial charge in [-0.15, -0.1) is 11.8 Å². The maximum Gasteiger partial charge on any atom is 0.233 e. The molecule has 1 fully saturated rings. The van der Waals surface area contributed by atoms with Crippen molar-refractivity contribution < 1.29 is 14.3 Å². The summed E-state index contributed by atoms with van der Waals surface area (Å²) in [6.07, 6.45) is 6.59. The van der Waals surface area contributed by atoms with Crippen molar-refractivity contribution in [1.29, 1.82) is 0 Å². The van der Waals surface area contributed by atoms with E-state index in [0.29, 0.717) is 19.0 Å². The van der Waals surface area contributed by atoms with Crippen LogP contribution in [0.15, 0.2) is 41.3 Å². The fourth-order valence-corrected chi connectivity index (χ4v) is 5.51. The zero-order chi connectivity index (χ0) is 19.6. The summed E-state index contributed by atoms with van der Waals surface area (Å²) in [5.74, 6) is 2.35. The lowest BCUT2D eigenvalue weighted by molar-refractivity contribution is -0.129. The first-order valence-corrected chi connectivity index (χ1v) is 11.7. The number of hydrogen-bond acceptors (Lipinski definition) is 4. The molecule has 152 valence electrons. The summed E-state index contributed by atoms with van der Waals surface area (Å²) in [7, 11) is 0. The van der Waals surface area contributed by atoms with E-state index < -0.39 is 0 Å². The SMILES string of the molecule is O=C(CSc1ccc2c(c1)CCC2)N1CCCC1c1ccc2c(c1)OCCCO2. The van der Waals surface area contributed by atoms with Crippen LogP contribution in [0.5, 0.6) is 11.5 Å². The Labute approximate surface area is 176 Å². The smallest absolute Gasteiger partial charge is 0.233 e. The van der Waals surface area contributed by atoms with Gasteiger partial charge in [0.05, 0.1) is 25.0 Å². The number of carbonyl (C=O) groups excluding carboxylic acids is 1. The molecule has 5 rings (SSSR count). The van der Waals surface area contributed by atoms with Gasteiger partial charge in [0.25, 0.3) is 0 Å². The summed E-state index contributed by atoms with van der Waals surface area (Å²) in [6.45, 7) is 2.21. The van der Waals surface area contributed by atoms with Crippen LogP contribution in [0.1, 0.15) is 48.4 Å². The molecule has 1 saturated heterocycles.